The van der Waals surface area contributed by atoms with Crippen LogP contribution in [0.3, 0.4) is 0 Å². The molecule has 1 aromatic carbocycles. The summed E-state index contributed by atoms with van der Waals surface area (Å²) in [4.78, 5) is 5.15. The molecular weight excluding hydrogens is 277 g/mol. The molecule has 20 heavy (non-hydrogen) atoms. The van der Waals surface area contributed by atoms with Gasteiger partial charge in [0, 0.05) is 10.9 Å². The van der Waals surface area contributed by atoms with Gasteiger partial charge in [0.1, 0.15) is 5.82 Å². The monoisotopic (exact) mass is 295 g/mol. The summed E-state index contributed by atoms with van der Waals surface area (Å²) < 4.78 is 18.2. The van der Waals surface area contributed by atoms with Gasteiger partial charge in [-0.05, 0) is 31.5 Å². The summed E-state index contributed by atoms with van der Waals surface area (Å²) in [5.41, 5.74) is 0. The van der Waals surface area contributed by atoms with Crippen LogP contribution in [0.1, 0.15) is 32.0 Å². The standard InChI is InChI=1S/C14H18FN3OS/c1-3-10(2)16-8-14-17-13(18-19-14)9-20-12-6-4-5-11(15)7-12/h4-7,10,16H,3,8-9H2,1-2H3. The first-order valence-corrected chi connectivity index (χ1v) is 7.59. The Morgan fingerprint density at radius 3 is 3.05 bits per heavy atom. The molecule has 2 rings (SSSR count). The molecule has 1 unspecified atom stereocenters. The first-order valence-electron chi connectivity index (χ1n) is 6.60. The third-order valence-corrected chi connectivity index (χ3v) is 3.88. The van der Waals surface area contributed by atoms with Gasteiger partial charge in [0.15, 0.2) is 5.82 Å². The highest BCUT2D eigenvalue weighted by Gasteiger charge is 2.08. The highest BCUT2D eigenvalue weighted by atomic mass is 32.2. The van der Waals surface area contributed by atoms with Crippen LogP contribution in [-0.4, -0.2) is 16.2 Å². The molecule has 0 radical (unpaired) electrons. The van der Waals surface area contributed by atoms with Gasteiger partial charge in [0.05, 0.1) is 12.3 Å². The number of hydrogen-bond acceptors (Lipinski definition) is 5. The zero-order valence-corrected chi connectivity index (χ0v) is 12.4. The second-order valence-corrected chi connectivity index (χ2v) is 5.59. The van der Waals surface area contributed by atoms with Crippen LogP contribution in [0.15, 0.2) is 33.7 Å². The normalized spacial score (nSPS) is 12.6. The molecule has 0 aliphatic rings. The van der Waals surface area contributed by atoms with Crippen molar-refractivity contribution in [3.8, 4) is 0 Å². The van der Waals surface area contributed by atoms with Gasteiger partial charge < -0.3 is 9.84 Å². The molecule has 0 aliphatic carbocycles. The van der Waals surface area contributed by atoms with Gasteiger partial charge in [-0.25, -0.2) is 4.39 Å². The van der Waals surface area contributed by atoms with Crippen molar-refractivity contribution in [1.82, 2.24) is 15.5 Å². The Bertz CT molecular complexity index is 547. The molecule has 1 N–H and O–H groups in total. The maximum Gasteiger partial charge on any atom is 0.240 e. The number of thioether (sulfide) groups is 1. The average Bonchev–Trinajstić information content (AvgIpc) is 2.90. The molecule has 0 amide bonds. The fourth-order valence-electron chi connectivity index (χ4n) is 1.53. The van der Waals surface area contributed by atoms with Crippen molar-refractivity contribution in [2.75, 3.05) is 0 Å². The van der Waals surface area contributed by atoms with Crippen molar-refractivity contribution in [2.45, 2.75) is 43.5 Å². The van der Waals surface area contributed by atoms with Gasteiger partial charge in [-0.1, -0.05) is 18.1 Å². The number of nitrogens with one attached hydrogen (secondary N) is 1. The van der Waals surface area contributed by atoms with Crippen LogP contribution >= 0.6 is 11.8 Å². The first-order chi connectivity index (χ1) is 9.67. The van der Waals surface area contributed by atoms with Crippen LogP contribution in [0.2, 0.25) is 0 Å². The van der Waals surface area contributed by atoms with Crippen LogP contribution < -0.4 is 5.32 Å². The van der Waals surface area contributed by atoms with E-state index in [0.717, 1.165) is 11.3 Å². The molecule has 2 aromatic rings. The average molecular weight is 295 g/mol. The van der Waals surface area contributed by atoms with Gasteiger partial charge in [-0.2, -0.15) is 4.98 Å². The molecule has 0 aliphatic heterocycles. The Balaban J connectivity index is 1.83. The summed E-state index contributed by atoms with van der Waals surface area (Å²) in [5, 5.41) is 7.21. The Kier molecular flexibility index (Phi) is 5.55. The van der Waals surface area contributed by atoms with Crippen LogP contribution in [0.25, 0.3) is 0 Å². The van der Waals surface area contributed by atoms with Crippen LogP contribution in [0.5, 0.6) is 0 Å². The largest absolute Gasteiger partial charge is 0.338 e. The van der Waals surface area contributed by atoms with Gasteiger partial charge >= 0.3 is 0 Å². The van der Waals surface area contributed by atoms with Crippen molar-refractivity contribution in [3.05, 3.63) is 41.8 Å². The molecule has 0 fully saturated rings. The Morgan fingerprint density at radius 2 is 2.30 bits per heavy atom. The van der Waals surface area contributed by atoms with Crippen molar-refractivity contribution < 1.29 is 8.91 Å². The van der Waals surface area contributed by atoms with Crippen LogP contribution in [0, 0.1) is 5.82 Å². The van der Waals surface area contributed by atoms with Gasteiger partial charge in [-0.15, -0.1) is 11.8 Å². The molecule has 0 saturated carbocycles. The predicted octanol–water partition coefficient (Wildman–Crippen LogP) is 3.39. The molecule has 0 spiro atoms. The third kappa shape index (κ3) is 4.61. The molecule has 0 bridgehead atoms. The summed E-state index contributed by atoms with van der Waals surface area (Å²) in [6, 6.07) is 6.90. The van der Waals surface area contributed by atoms with Crippen molar-refractivity contribution in [3.63, 3.8) is 0 Å². The minimum atomic E-state index is -0.235. The van der Waals surface area contributed by atoms with E-state index in [0.29, 0.717) is 30.1 Å². The number of aromatic nitrogens is 2. The minimum Gasteiger partial charge on any atom is -0.338 e. The molecule has 1 atom stereocenters. The smallest absolute Gasteiger partial charge is 0.240 e. The van der Waals surface area contributed by atoms with E-state index in [9.17, 15) is 4.39 Å². The molecule has 1 heterocycles. The maximum atomic E-state index is 13.0. The number of benzene rings is 1. The highest BCUT2D eigenvalue weighted by molar-refractivity contribution is 7.98. The fourth-order valence-corrected chi connectivity index (χ4v) is 2.31. The SMILES string of the molecule is CCC(C)NCc1nc(CSc2cccc(F)c2)no1. The van der Waals surface area contributed by atoms with Gasteiger partial charge in [0.2, 0.25) is 5.89 Å². The summed E-state index contributed by atoms with van der Waals surface area (Å²) in [5.74, 6) is 1.54. The number of halogens is 1. The van der Waals surface area contributed by atoms with Crippen molar-refractivity contribution >= 4 is 11.8 Å². The zero-order valence-electron chi connectivity index (χ0n) is 11.6. The number of nitrogens with zero attached hydrogens (tertiary/aromatic N) is 2. The quantitative estimate of drug-likeness (QED) is 0.793. The molecule has 4 nitrogen and oxygen atoms in total. The van der Waals surface area contributed by atoms with E-state index in [1.54, 1.807) is 6.07 Å². The van der Waals surface area contributed by atoms with Gasteiger partial charge in [-0.3, -0.25) is 0 Å². The number of rotatable bonds is 7. The number of hydrogen-bond donors (Lipinski definition) is 1. The fraction of sp³-hybridized carbons (Fsp3) is 0.429. The second-order valence-electron chi connectivity index (χ2n) is 4.54. The van der Waals surface area contributed by atoms with E-state index >= 15 is 0 Å². The second kappa shape index (κ2) is 7.40. The first kappa shape index (κ1) is 15.0. The van der Waals surface area contributed by atoms with E-state index in [1.807, 2.05) is 6.07 Å². The molecule has 0 saturated heterocycles. The van der Waals surface area contributed by atoms with Crippen LogP contribution in [-0.2, 0) is 12.3 Å². The lowest BCUT2D eigenvalue weighted by molar-refractivity contribution is 0.355. The Hall–Kier alpha value is -1.40. The van der Waals surface area contributed by atoms with Gasteiger partial charge in [0.25, 0.3) is 0 Å². The Morgan fingerprint density at radius 1 is 1.45 bits per heavy atom. The van der Waals surface area contributed by atoms with E-state index in [1.165, 1.54) is 23.9 Å². The topological polar surface area (TPSA) is 51.0 Å². The van der Waals surface area contributed by atoms with E-state index in [2.05, 4.69) is 29.3 Å². The lowest BCUT2D eigenvalue weighted by Gasteiger charge is -2.07. The zero-order chi connectivity index (χ0) is 14.4. The van der Waals surface area contributed by atoms with E-state index < -0.39 is 0 Å². The summed E-state index contributed by atoms with van der Waals surface area (Å²) in [7, 11) is 0. The third-order valence-electron chi connectivity index (χ3n) is 2.89. The minimum absolute atomic E-state index is 0.235. The van der Waals surface area contributed by atoms with Crippen LogP contribution in [0.4, 0.5) is 4.39 Å². The maximum absolute atomic E-state index is 13.0. The molecular formula is C14H18FN3OS. The van der Waals surface area contributed by atoms with E-state index in [4.69, 9.17) is 4.52 Å². The highest BCUT2D eigenvalue weighted by Crippen LogP contribution is 2.22. The summed E-state index contributed by atoms with van der Waals surface area (Å²) in [6.07, 6.45) is 1.05. The lowest BCUT2D eigenvalue weighted by Crippen LogP contribution is -2.24. The van der Waals surface area contributed by atoms with E-state index in [-0.39, 0.29) is 5.82 Å². The van der Waals surface area contributed by atoms with Crippen molar-refractivity contribution in [1.29, 1.82) is 0 Å². The predicted molar refractivity (Wildman–Crippen MR) is 76.9 cm³/mol. The molecule has 6 heteroatoms. The molecule has 108 valence electrons. The summed E-state index contributed by atoms with van der Waals surface area (Å²) >= 11 is 1.48. The molecule has 1 aromatic heterocycles. The van der Waals surface area contributed by atoms with Crippen molar-refractivity contribution in [2.24, 2.45) is 0 Å². The lowest BCUT2D eigenvalue weighted by atomic mass is 10.3. The summed E-state index contributed by atoms with van der Waals surface area (Å²) in [6.45, 7) is 4.80. The Labute approximate surface area is 122 Å².